The molecule has 2 heterocycles. The highest BCUT2D eigenvalue weighted by molar-refractivity contribution is 7.92. The van der Waals surface area contributed by atoms with Crippen molar-refractivity contribution in [1.82, 2.24) is 14.5 Å². The smallest absolute Gasteiger partial charge is 0.355 e. The molecule has 0 bridgehead atoms. The Hall–Kier alpha value is -3.10. The summed E-state index contributed by atoms with van der Waals surface area (Å²) in [6.07, 6.45) is 8.67. The maximum atomic E-state index is 13.6. The standard InChI is InChI=1S/C21H24N6O4S/c1-30-15-10-27-20(31-11-15)18(9-23-27)32(29,24-12-22)26-21(28)25-19-16-6-2-4-13(16)8-14-5-3-7-17(14)19/h8-9,15H,2-7,10-11H2,1H3,(H2,24,25,26,28,29)/t15-,32-/m1/s1. The van der Waals surface area contributed by atoms with E-state index in [2.05, 4.69) is 25.6 Å². The van der Waals surface area contributed by atoms with Crippen LogP contribution in [0.1, 0.15) is 35.1 Å². The number of fused-ring (bicyclic) bond motifs is 3. The molecule has 10 nitrogen and oxygen atoms in total. The molecule has 2 atom stereocenters. The predicted molar refractivity (Wildman–Crippen MR) is 116 cm³/mol. The highest BCUT2D eigenvalue weighted by atomic mass is 32.2. The first kappa shape index (κ1) is 20.8. The number of urea groups is 1. The van der Waals surface area contributed by atoms with Crippen molar-refractivity contribution in [3.05, 3.63) is 34.5 Å². The molecule has 32 heavy (non-hydrogen) atoms. The zero-order valence-electron chi connectivity index (χ0n) is 17.7. The fourth-order valence-corrected chi connectivity index (χ4v) is 6.03. The average Bonchev–Trinajstić information content (AvgIpc) is 3.52. The molecule has 0 saturated carbocycles. The molecule has 5 rings (SSSR count). The first-order valence-corrected chi connectivity index (χ1v) is 12.2. The molecule has 1 aliphatic heterocycles. The lowest BCUT2D eigenvalue weighted by molar-refractivity contribution is 0.0165. The van der Waals surface area contributed by atoms with Crippen LogP contribution in [-0.4, -0.2) is 39.8 Å². The number of rotatable bonds is 4. The van der Waals surface area contributed by atoms with Crippen LogP contribution in [0.25, 0.3) is 0 Å². The van der Waals surface area contributed by atoms with Gasteiger partial charge in [-0.15, -0.1) is 4.36 Å². The fourth-order valence-electron chi connectivity index (χ4n) is 4.79. The van der Waals surface area contributed by atoms with Crippen molar-refractivity contribution in [3.63, 3.8) is 0 Å². The number of aryl methyl sites for hydroxylation is 2. The van der Waals surface area contributed by atoms with Crippen LogP contribution in [-0.2, 0) is 46.9 Å². The molecule has 0 saturated heterocycles. The summed E-state index contributed by atoms with van der Waals surface area (Å²) >= 11 is 0. The van der Waals surface area contributed by atoms with Crippen LogP contribution >= 0.6 is 0 Å². The number of aromatic nitrogens is 2. The van der Waals surface area contributed by atoms with Crippen LogP contribution in [0.5, 0.6) is 5.88 Å². The van der Waals surface area contributed by atoms with Gasteiger partial charge in [0.15, 0.2) is 21.0 Å². The summed E-state index contributed by atoms with van der Waals surface area (Å²) in [7, 11) is -2.06. The molecular formula is C21H24N6O4S. The monoisotopic (exact) mass is 456 g/mol. The third-order valence-electron chi connectivity index (χ3n) is 6.27. The minimum atomic E-state index is -3.63. The summed E-state index contributed by atoms with van der Waals surface area (Å²) in [6, 6.07) is 1.50. The van der Waals surface area contributed by atoms with Crippen LogP contribution in [0.4, 0.5) is 10.5 Å². The first-order chi connectivity index (χ1) is 15.5. The van der Waals surface area contributed by atoms with Gasteiger partial charge in [-0.05, 0) is 60.8 Å². The van der Waals surface area contributed by atoms with Crippen molar-refractivity contribution in [2.75, 3.05) is 19.0 Å². The molecule has 3 aliphatic rings. The van der Waals surface area contributed by atoms with Gasteiger partial charge in [0.25, 0.3) is 0 Å². The Kier molecular flexibility index (Phi) is 5.27. The Morgan fingerprint density at radius 1 is 1.31 bits per heavy atom. The van der Waals surface area contributed by atoms with Gasteiger partial charge in [0.2, 0.25) is 5.88 Å². The van der Waals surface area contributed by atoms with E-state index in [1.54, 1.807) is 13.3 Å². The summed E-state index contributed by atoms with van der Waals surface area (Å²) < 4.78 is 32.2. The second-order valence-electron chi connectivity index (χ2n) is 8.16. The zero-order chi connectivity index (χ0) is 22.3. The van der Waals surface area contributed by atoms with Crippen molar-refractivity contribution in [3.8, 4) is 12.1 Å². The van der Waals surface area contributed by atoms with Crippen molar-refractivity contribution >= 4 is 21.6 Å². The Bertz CT molecular complexity index is 1220. The summed E-state index contributed by atoms with van der Waals surface area (Å²) in [4.78, 5) is 13.0. The molecule has 168 valence electrons. The van der Waals surface area contributed by atoms with E-state index in [1.165, 1.54) is 22.0 Å². The number of hydrogen-bond donors (Lipinski definition) is 2. The quantitative estimate of drug-likeness (QED) is 0.536. The normalized spacial score (nSPS) is 20.2. The van der Waals surface area contributed by atoms with Crippen molar-refractivity contribution < 1.29 is 18.5 Å². The molecule has 1 aromatic heterocycles. The summed E-state index contributed by atoms with van der Waals surface area (Å²) in [5.41, 5.74) is 5.63. The van der Waals surface area contributed by atoms with Gasteiger partial charge in [-0.25, -0.2) is 18.4 Å². The number of anilines is 1. The highest BCUT2D eigenvalue weighted by Crippen LogP contribution is 2.39. The van der Waals surface area contributed by atoms with Crippen molar-refractivity contribution in [2.24, 2.45) is 4.36 Å². The SMILES string of the molecule is CO[C@H]1COc2c([S@](=O)(=NC(=O)Nc3c4c(cc5c3CCC5)CCC4)NC#N)cnn2C1. The molecule has 2 aliphatic carbocycles. The number of nitrogens with zero attached hydrogens (tertiary/aromatic N) is 4. The molecule has 0 fully saturated rings. The minimum Gasteiger partial charge on any atom is -0.474 e. The summed E-state index contributed by atoms with van der Waals surface area (Å²) in [6.45, 7) is 0.647. The van der Waals surface area contributed by atoms with Gasteiger partial charge in [-0.2, -0.15) is 10.4 Å². The summed E-state index contributed by atoms with van der Waals surface area (Å²) in [5, 5.41) is 16.3. The zero-order valence-corrected chi connectivity index (χ0v) is 18.5. The third-order valence-corrected chi connectivity index (χ3v) is 7.94. The van der Waals surface area contributed by atoms with Crippen LogP contribution in [0.3, 0.4) is 0 Å². The van der Waals surface area contributed by atoms with Gasteiger partial charge in [-0.3, -0.25) is 0 Å². The molecular weight excluding hydrogens is 432 g/mol. The Labute approximate surface area is 186 Å². The van der Waals surface area contributed by atoms with Gasteiger partial charge in [0.1, 0.15) is 12.7 Å². The summed E-state index contributed by atoms with van der Waals surface area (Å²) in [5.74, 6) is 0.212. The number of carbonyl (C=O) groups is 1. The molecule has 1 aromatic carbocycles. The van der Waals surface area contributed by atoms with Crippen LogP contribution in [0.15, 0.2) is 21.5 Å². The molecule has 2 N–H and O–H groups in total. The van der Waals surface area contributed by atoms with E-state index in [-0.39, 0.29) is 23.5 Å². The van der Waals surface area contributed by atoms with Gasteiger partial charge in [0, 0.05) is 12.8 Å². The van der Waals surface area contributed by atoms with E-state index < -0.39 is 15.9 Å². The number of ether oxygens (including phenoxy) is 2. The van der Waals surface area contributed by atoms with Gasteiger partial charge < -0.3 is 14.8 Å². The Morgan fingerprint density at radius 3 is 2.69 bits per heavy atom. The number of amides is 2. The van der Waals surface area contributed by atoms with Crippen LogP contribution < -0.4 is 14.8 Å². The van der Waals surface area contributed by atoms with E-state index in [0.29, 0.717) is 6.54 Å². The lowest BCUT2D eigenvalue weighted by Gasteiger charge is -2.23. The van der Waals surface area contributed by atoms with Crippen molar-refractivity contribution in [1.29, 1.82) is 5.26 Å². The number of benzene rings is 1. The van der Waals surface area contributed by atoms with E-state index in [4.69, 9.17) is 9.47 Å². The molecule has 0 spiro atoms. The van der Waals surface area contributed by atoms with Gasteiger partial charge in [-0.1, -0.05) is 6.07 Å². The predicted octanol–water partition coefficient (Wildman–Crippen LogP) is 2.31. The minimum absolute atomic E-state index is 0.0623. The Balaban J connectivity index is 1.50. The van der Waals surface area contributed by atoms with E-state index in [9.17, 15) is 14.3 Å². The molecule has 0 unspecified atom stereocenters. The number of hydrogen-bond acceptors (Lipinski definition) is 6. The van der Waals surface area contributed by atoms with Crippen LogP contribution in [0.2, 0.25) is 0 Å². The second-order valence-corrected chi connectivity index (χ2v) is 10.0. The fraction of sp³-hybridized carbons (Fsp3) is 0.476. The molecule has 2 amide bonds. The lowest BCUT2D eigenvalue weighted by atomic mass is 9.99. The highest BCUT2D eigenvalue weighted by Gasteiger charge is 2.30. The van der Waals surface area contributed by atoms with E-state index in [0.717, 1.165) is 55.3 Å². The second kappa shape index (κ2) is 8.11. The maximum Gasteiger partial charge on any atom is 0.355 e. The third kappa shape index (κ3) is 3.49. The maximum absolute atomic E-state index is 13.6. The van der Waals surface area contributed by atoms with E-state index in [1.807, 2.05) is 0 Å². The first-order valence-electron chi connectivity index (χ1n) is 10.6. The number of carbonyl (C=O) groups excluding carboxylic acids is 1. The van der Waals surface area contributed by atoms with E-state index >= 15 is 0 Å². The molecule has 0 radical (unpaired) electrons. The largest absolute Gasteiger partial charge is 0.474 e. The van der Waals surface area contributed by atoms with Crippen LogP contribution in [0, 0.1) is 11.5 Å². The van der Waals surface area contributed by atoms with Gasteiger partial charge >= 0.3 is 6.03 Å². The molecule has 11 heteroatoms. The van der Waals surface area contributed by atoms with Crippen molar-refractivity contribution in [2.45, 2.75) is 56.1 Å². The molecule has 2 aromatic rings. The average molecular weight is 457 g/mol. The topological polar surface area (TPSA) is 131 Å². The van der Waals surface area contributed by atoms with Gasteiger partial charge in [0.05, 0.1) is 12.7 Å². The number of nitrogens with one attached hydrogen (secondary N) is 2. The number of methoxy groups -OCH3 is 1. The lowest BCUT2D eigenvalue weighted by Crippen LogP contribution is -2.32. The number of nitriles is 1. The Morgan fingerprint density at radius 2 is 2.03 bits per heavy atom.